The smallest absolute Gasteiger partial charge is 0.193 e. The average Bonchev–Trinajstić information content (AvgIpc) is 3.25. The summed E-state index contributed by atoms with van der Waals surface area (Å²) in [5.41, 5.74) is 0.362. The number of likely N-dealkylation sites (tertiary alicyclic amines) is 1. The second-order valence-corrected chi connectivity index (χ2v) is 8.12. The molecule has 23 heavy (non-hydrogen) atoms. The van der Waals surface area contributed by atoms with Crippen molar-refractivity contribution in [2.75, 3.05) is 50.8 Å². The third-order valence-electron chi connectivity index (χ3n) is 5.48. The molecular formula is C17H33IN4S. The normalized spacial score (nSPS) is 25.4. The van der Waals surface area contributed by atoms with Crippen LogP contribution in [-0.2, 0) is 0 Å². The van der Waals surface area contributed by atoms with Crippen LogP contribution in [-0.4, -0.2) is 72.1 Å². The Labute approximate surface area is 163 Å². The third-order valence-corrected chi connectivity index (χ3v) is 6.42. The minimum absolute atomic E-state index is 0. The minimum Gasteiger partial charge on any atom is -0.357 e. The van der Waals surface area contributed by atoms with Gasteiger partial charge in [-0.05, 0) is 32.6 Å². The fraction of sp³-hybridized carbons (Fsp3) is 0.941. The summed E-state index contributed by atoms with van der Waals surface area (Å²) in [5.74, 6) is 3.77. The highest BCUT2D eigenvalue weighted by atomic mass is 127. The summed E-state index contributed by atoms with van der Waals surface area (Å²) in [6, 6.07) is 0. The molecule has 3 fully saturated rings. The molecule has 0 aromatic rings. The number of halogens is 1. The number of guanidine groups is 1. The van der Waals surface area contributed by atoms with Crippen LogP contribution in [0.3, 0.4) is 0 Å². The fourth-order valence-corrected chi connectivity index (χ4v) is 5.13. The molecule has 134 valence electrons. The zero-order chi connectivity index (χ0) is 15.3. The predicted octanol–water partition coefficient (Wildman–Crippen LogP) is 3.03. The van der Waals surface area contributed by atoms with E-state index in [-0.39, 0.29) is 24.0 Å². The number of hydrogen-bond acceptors (Lipinski definition) is 3. The zero-order valence-corrected chi connectivity index (χ0v) is 17.7. The Bertz CT molecular complexity index is 373. The van der Waals surface area contributed by atoms with Crippen molar-refractivity contribution in [2.24, 2.45) is 4.99 Å². The molecule has 2 heterocycles. The van der Waals surface area contributed by atoms with E-state index in [4.69, 9.17) is 4.99 Å². The van der Waals surface area contributed by atoms with Gasteiger partial charge >= 0.3 is 0 Å². The molecule has 2 saturated heterocycles. The van der Waals surface area contributed by atoms with E-state index in [1.807, 2.05) is 0 Å². The van der Waals surface area contributed by atoms with Crippen LogP contribution in [0.15, 0.2) is 4.99 Å². The van der Waals surface area contributed by atoms with Crippen molar-refractivity contribution >= 4 is 41.7 Å². The largest absolute Gasteiger partial charge is 0.357 e. The van der Waals surface area contributed by atoms with Crippen LogP contribution in [0.5, 0.6) is 0 Å². The second-order valence-electron chi connectivity index (χ2n) is 6.90. The molecule has 1 N–H and O–H groups in total. The van der Waals surface area contributed by atoms with Crippen LogP contribution in [0.4, 0.5) is 0 Å². The molecule has 0 atom stereocenters. The van der Waals surface area contributed by atoms with Gasteiger partial charge in [0.15, 0.2) is 5.96 Å². The van der Waals surface area contributed by atoms with Crippen molar-refractivity contribution in [3.05, 3.63) is 0 Å². The topological polar surface area (TPSA) is 30.9 Å². The minimum atomic E-state index is 0. The highest BCUT2D eigenvalue weighted by Gasteiger charge is 2.40. The first-order valence-electron chi connectivity index (χ1n) is 9.20. The lowest BCUT2D eigenvalue weighted by Crippen LogP contribution is -2.53. The van der Waals surface area contributed by atoms with Gasteiger partial charge in [0.2, 0.25) is 0 Å². The highest BCUT2D eigenvalue weighted by Crippen LogP contribution is 2.37. The molecule has 2 aliphatic heterocycles. The molecule has 6 heteroatoms. The Kier molecular flexibility index (Phi) is 8.28. The predicted molar refractivity (Wildman–Crippen MR) is 112 cm³/mol. The van der Waals surface area contributed by atoms with E-state index < -0.39 is 0 Å². The van der Waals surface area contributed by atoms with Crippen molar-refractivity contribution < 1.29 is 0 Å². The summed E-state index contributed by atoms with van der Waals surface area (Å²) in [6.07, 6.45) is 8.11. The number of nitrogens with one attached hydrogen (secondary N) is 1. The number of aliphatic imine (C=N–C) groups is 1. The Balaban J connectivity index is 0.00000192. The van der Waals surface area contributed by atoms with Gasteiger partial charge in [-0.2, -0.15) is 11.8 Å². The van der Waals surface area contributed by atoms with Gasteiger partial charge in [0, 0.05) is 49.8 Å². The SMILES string of the molecule is CCNC(=NCC1(N2CCSCC2)CCCC1)N1CCCC1.I. The summed E-state index contributed by atoms with van der Waals surface area (Å²) in [4.78, 5) is 10.3. The van der Waals surface area contributed by atoms with Crippen molar-refractivity contribution in [3.63, 3.8) is 0 Å². The monoisotopic (exact) mass is 452 g/mol. The van der Waals surface area contributed by atoms with Gasteiger partial charge in [-0.25, -0.2) is 0 Å². The Morgan fingerprint density at radius 3 is 2.30 bits per heavy atom. The van der Waals surface area contributed by atoms with E-state index in [1.54, 1.807) is 0 Å². The van der Waals surface area contributed by atoms with Crippen LogP contribution < -0.4 is 5.32 Å². The Hall–Kier alpha value is 0.310. The van der Waals surface area contributed by atoms with E-state index in [9.17, 15) is 0 Å². The lowest BCUT2D eigenvalue weighted by molar-refractivity contribution is 0.112. The number of thioether (sulfide) groups is 1. The highest BCUT2D eigenvalue weighted by molar-refractivity contribution is 14.0. The van der Waals surface area contributed by atoms with E-state index >= 15 is 0 Å². The molecule has 0 aromatic carbocycles. The van der Waals surface area contributed by atoms with Crippen molar-refractivity contribution in [3.8, 4) is 0 Å². The average molecular weight is 452 g/mol. The summed E-state index contributed by atoms with van der Waals surface area (Å²) < 4.78 is 0. The molecule has 0 spiro atoms. The van der Waals surface area contributed by atoms with Crippen LogP contribution in [0.1, 0.15) is 45.4 Å². The number of hydrogen-bond donors (Lipinski definition) is 1. The first kappa shape index (κ1) is 19.6. The van der Waals surface area contributed by atoms with Crippen molar-refractivity contribution in [1.82, 2.24) is 15.1 Å². The van der Waals surface area contributed by atoms with Crippen LogP contribution in [0, 0.1) is 0 Å². The Morgan fingerprint density at radius 1 is 1.04 bits per heavy atom. The van der Waals surface area contributed by atoms with Gasteiger partial charge in [-0.3, -0.25) is 9.89 Å². The fourth-order valence-electron chi connectivity index (χ4n) is 4.22. The molecule has 4 nitrogen and oxygen atoms in total. The van der Waals surface area contributed by atoms with E-state index in [0.717, 1.165) is 19.0 Å². The molecule has 1 aliphatic carbocycles. The van der Waals surface area contributed by atoms with E-state index in [2.05, 4.69) is 33.8 Å². The number of nitrogens with zero attached hydrogens (tertiary/aromatic N) is 3. The van der Waals surface area contributed by atoms with E-state index in [1.165, 1.54) is 76.2 Å². The molecule has 0 unspecified atom stereocenters. The molecular weight excluding hydrogens is 419 g/mol. The molecule has 3 rings (SSSR count). The molecule has 0 radical (unpaired) electrons. The van der Waals surface area contributed by atoms with Crippen LogP contribution in [0.2, 0.25) is 0 Å². The van der Waals surface area contributed by atoms with Gasteiger partial charge in [0.1, 0.15) is 0 Å². The summed E-state index contributed by atoms with van der Waals surface area (Å²) in [5, 5.41) is 3.52. The van der Waals surface area contributed by atoms with Gasteiger partial charge in [0.05, 0.1) is 6.54 Å². The molecule has 0 bridgehead atoms. The first-order valence-corrected chi connectivity index (χ1v) is 10.4. The third kappa shape index (κ3) is 4.91. The summed E-state index contributed by atoms with van der Waals surface area (Å²) in [7, 11) is 0. The van der Waals surface area contributed by atoms with Crippen LogP contribution >= 0.6 is 35.7 Å². The lowest BCUT2D eigenvalue weighted by atomic mass is 9.95. The lowest BCUT2D eigenvalue weighted by Gasteiger charge is -2.42. The van der Waals surface area contributed by atoms with Gasteiger partial charge in [0.25, 0.3) is 0 Å². The van der Waals surface area contributed by atoms with Gasteiger partial charge < -0.3 is 10.2 Å². The van der Waals surface area contributed by atoms with Crippen molar-refractivity contribution in [1.29, 1.82) is 0 Å². The molecule has 0 aromatic heterocycles. The van der Waals surface area contributed by atoms with Crippen molar-refractivity contribution in [2.45, 2.75) is 51.0 Å². The van der Waals surface area contributed by atoms with Crippen LogP contribution in [0.25, 0.3) is 0 Å². The molecule has 1 saturated carbocycles. The molecule has 0 amide bonds. The summed E-state index contributed by atoms with van der Waals surface area (Å²) in [6.45, 7) is 9.04. The van der Waals surface area contributed by atoms with E-state index in [0.29, 0.717) is 5.54 Å². The quantitative estimate of drug-likeness (QED) is 0.404. The summed E-state index contributed by atoms with van der Waals surface area (Å²) >= 11 is 2.11. The standard InChI is InChI=1S/C17H32N4S.HI/c1-2-18-16(20-9-5-6-10-20)19-15-17(7-3-4-8-17)21-11-13-22-14-12-21;/h2-15H2,1H3,(H,18,19);1H. The molecule has 3 aliphatic rings. The number of rotatable bonds is 4. The van der Waals surface area contributed by atoms with Gasteiger partial charge in [-0.1, -0.05) is 12.8 Å². The maximum atomic E-state index is 5.11. The Morgan fingerprint density at radius 2 is 1.70 bits per heavy atom. The first-order chi connectivity index (χ1) is 10.8. The second kappa shape index (κ2) is 9.70. The maximum Gasteiger partial charge on any atom is 0.193 e. The zero-order valence-electron chi connectivity index (χ0n) is 14.6. The maximum absolute atomic E-state index is 5.11. The van der Waals surface area contributed by atoms with Gasteiger partial charge in [-0.15, -0.1) is 24.0 Å².